The molecule has 4 rings (SSSR count). The smallest absolute Gasteiger partial charge is 0.324 e. The third-order valence-electron chi connectivity index (χ3n) is 5.89. The van der Waals surface area contributed by atoms with Gasteiger partial charge in [0, 0.05) is 23.2 Å². The second kappa shape index (κ2) is 7.70. The fraction of sp³-hybridized carbons (Fsp3) is 0.250. The number of amides is 2. The highest BCUT2D eigenvalue weighted by atomic mass is 35.5. The molecule has 2 aliphatic heterocycles. The van der Waals surface area contributed by atoms with Gasteiger partial charge in [-0.3, -0.25) is 29.8 Å². The van der Waals surface area contributed by atoms with Gasteiger partial charge in [0.05, 0.1) is 32.5 Å². The van der Waals surface area contributed by atoms with Crippen molar-refractivity contribution in [1.82, 2.24) is 5.32 Å². The highest BCUT2D eigenvalue weighted by Gasteiger charge is 2.67. The number of carbonyl (C=O) groups is 3. The summed E-state index contributed by atoms with van der Waals surface area (Å²) in [7, 11) is 0. The van der Waals surface area contributed by atoms with E-state index >= 15 is 0 Å². The standard InChI is InChI=1S/C20H14Cl3N3O6/c1-20(19(29)30)14-13(16(24-20)11-5-8(21)6-12(22)15(11)23)17(27)25(18(14)28)9-3-2-4-10(7-9)26(31)32/h2-7,13-14,16,24H,1H3,(H,29,30). The van der Waals surface area contributed by atoms with Crippen LogP contribution in [-0.2, 0) is 14.4 Å². The number of nitrogens with one attached hydrogen (secondary N) is 1. The third-order valence-corrected chi connectivity index (χ3v) is 6.92. The van der Waals surface area contributed by atoms with Crippen LogP contribution < -0.4 is 10.2 Å². The first-order valence-corrected chi connectivity index (χ1v) is 10.4. The van der Waals surface area contributed by atoms with E-state index in [1.807, 2.05) is 0 Å². The summed E-state index contributed by atoms with van der Waals surface area (Å²) in [6.07, 6.45) is 0. The number of carboxylic acids is 1. The van der Waals surface area contributed by atoms with E-state index in [9.17, 15) is 29.6 Å². The van der Waals surface area contributed by atoms with Crippen molar-refractivity contribution in [1.29, 1.82) is 0 Å². The van der Waals surface area contributed by atoms with E-state index in [4.69, 9.17) is 34.8 Å². The average molecular weight is 499 g/mol. The molecule has 9 nitrogen and oxygen atoms in total. The number of imide groups is 1. The van der Waals surface area contributed by atoms with Gasteiger partial charge in [-0.15, -0.1) is 0 Å². The maximum Gasteiger partial charge on any atom is 0.324 e. The van der Waals surface area contributed by atoms with E-state index in [1.54, 1.807) is 0 Å². The molecular formula is C20H14Cl3N3O6. The van der Waals surface area contributed by atoms with E-state index in [0.29, 0.717) is 0 Å². The number of carbonyl (C=O) groups excluding carboxylic acids is 2. The van der Waals surface area contributed by atoms with Crippen molar-refractivity contribution >= 4 is 64.0 Å². The van der Waals surface area contributed by atoms with Gasteiger partial charge >= 0.3 is 5.97 Å². The predicted molar refractivity (Wildman–Crippen MR) is 116 cm³/mol. The molecular weight excluding hydrogens is 485 g/mol. The van der Waals surface area contributed by atoms with E-state index < -0.39 is 46.1 Å². The zero-order chi connectivity index (χ0) is 23.5. The van der Waals surface area contributed by atoms with Gasteiger partial charge in [-0.1, -0.05) is 40.9 Å². The lowest BCUT2D eigenvalue weighted by Crippen LogP contribution is -2.53. The Bertz CT molecular complexity index is 1210. The summed E-state index contributed by atoms with van der Waals surface area (Å²) in [5.74, 6) is -5.30. The Morgan fingerprint density at radius 1 is 1.19 bits per heavy atom. The molecule has 4 unspecified atom stereocenters. The normalized spacial score (nSPS) is 27.0. The Balaban J connectivity index is 1.87. The van der Waals surface area contributed by atoms with Crippen LogP contribution in [0.15, 0.2) is 36.4 Å². The van der Waals surface area contributed by atoms with Gasteiger partial charge in [0.1, 0.15) is 5.54 Å². The first-order valence-electron chi connectivity index (χ1n) is 9.25. The molecule has 2 N–H and O–H groups in total. The average Bonchev–Trinajstić information content (AvgIpc) is 3.18. The molecule has 2 heterocycles. The molecule has 166 valence electrons. The molecule has 0 aromatic heterocycles. The molecule has 12 heteroatoms. The van der Waals surface area contributed by atoms with Gasteiger partial charge in [0.25, 0.3) is 5.69 Å². The number of rotatable bonds is 4. The van der Waals surface area contributed by atoms with Crippen LogP contribution in [0, 0.1) is 22.0 Å². The SMILES string of the molecule is CC1(C(=O)O)NC(c2cc(Cl)cc(Cl)c2Cl)C2C(=O)N(c3cccc([N+](=O)[O-])c3)C(=O)C21. The molecule has 2 saturated heterocycles. The first kappa shape index (κ1) is 22.5. The monoisotopic (exact) mass is 497 g/mol. The molecule has 2 aromatic carbocycles. The number of benzene rings is 2. The van der Waals surface area contributed by atoms with Crippen LogP contribution in [0.5, 0.6) is 0 Å². The van der Waals surface area contributed by atoms with Gasteiger partial charge in [-0.25, -0.2) is 4.90 Å². The maximum atomic E-state index is 13.4. The lowest BCUT2D eigenvalue weighted by molar-refractivity contribution is -0.384. The summed E-state index contributed by atoms with van der Waals surface area (Å²) < 4.78 is 0. The van der Waals surface area contributed by atoms with Crippen LogP contribution in [0.4, 0.5) is 11.4 Å². The Morgan fingerprint density at radius 3 is 2.50 bits per heavy atom. The Labute approximate surface area is 196 Å². The number of hydrogen-bond acceptors (Lipinski definition) is 6. The fourth-order valence-electron chi connectivity index (χ4n) is 4.40. The minimum absolute atomic E-state index is 0.0229. The molecule has 0 radical (unpaired) electrons. The van der Waals surface area contributed by atoms with E-state index in [2.05, 4.69) is 5.32 Å². The van der Waals surface area contributed by atoms with Crippen molar-refractivity contribution in [3.05, 3.63) is 67.1 Å². The summed E-state index contributed by atoms with van der Waals surface area (Å²) in [6.45, 7) is 1.30. The summed E-state index contributed by atoms with van der Waals surface area (Å²) >= 11 is 18.6. The molecule has 0 bridgehead atoms. The van der Waals surface area contributed by atoms with Crippen LogP contribution in [0.2, 0.25) is 15.1 Å². The van der Waals surface area contributed by atoms with Crippen molar-refractivity contribution < 1.29 is 24.4 Å². The number of anilines is 1. The minimum Gasteiger partial charge on any atom is -0.480 e. The molecule has 4 atom stereocenters. The van der Waals surface area contributed by atoms with Crippen molar-refractivity contribution in [3.63, 3.8) is 0 Å². The number of carboxylic acid groups (broad SMARTS) is 1. The van der Waals surface area contributed by atoms with Crippen LogP contribution in [-0.4, -0.2) is 33.4 Å². The number of nitro groups is 1. The molecule has 2 amide bonds. The van der Waals surface area contributed by atoms with Gasteiger partial charge in [-0.05, 0) is 30.7 Å². The van der Waals surface area contributed by atoms with Crippen LogP contribution >= 0.6 is 34.8 Å². The number of non-ortho nitro benzene ring substituents is 1. The summed E-state index contributed by atoms with van der Waals surface area (Å²) in [5.41, 5.74) is -1.90. The lowest BCUT2D eigenvalue weighted by Gasteiger charge is -2.27. The van der Waals surface area contributed by atoms with Gasteiger partial charge in [0.15, 0.2) is 0 Å². The lowest BCUT2D eigenvalue weighted by atomic mass is 9.80. The second-order valence-corrected chi connectivity index (χ2v) is 8.93. The van der Waals surface area contributed by atoms with E-state index in [0.717, 1.165) is 11.0 Å². The molecule has 2 aromatic rings. The molecule has 0 aliphatic carbocycles. The Hall–Kier alpha value is -2.72. The Kier molecular flexibility index (Phi) is 5.41. The maximum absolute atomic E-state index is 13.4. The zero-order valence-corrected chi connectivity index (χ0v) is 18.5. The number of fused-ring (bicyclic) bond motifs is 1. The highest BCUT2D eigenvalue weighted by molar-refractivity contribution is 6.43. The van der Waals surface area contributed by atoms with Crippen LogP contribution in [0.25, 0.3) is 0 Å². The summed E-state index contributed by atoms with van der Waals surface area (Å²) in [4.78, 5) is 50.2. The molecule has 0 saturated carbocycles. The number of aliphatic carboxylic acids is 1. The summed E-state index contributed by atoms with van der Waals surface area (Å²) in [6, 6.07) is 6.86. The molecule has 2 fully saturated rings. The largest absolute Gasteiger partial charge is 0.480 e. The van der Waals surface area contributed by atoms with Crippen LogP contribution in [0.3, 0.4) is 0 Å². The highest BCUT2D eigenvalue weighted by Crippen LogP contribution is 2.51. The third kappa shape index (κ3) is 3.24. The summed E-state index contributed by atoms with van der Waals surface area (Å²) in [5, 5.41) is 24.3. The fourth-order valence-corrected chi connectivity index (χ4v) is 5.14. The Morgan fingerprint density at radius 2 is 1.88 bits per heavy atom. The van der Waals surface area contributed by atoms with Gasteiger partial charge in [0.2, 0.25) is 11.8 Å². The van der Waals surface area contributed by atoms with E-state index in [-0.39, 0.29) is 32.0 Å². The van der Waals surface area contributed by atoms with Crippen molar-refractivity contribution in [3.8, 4) is 0 Å². The zero-order valence-electron chi connectivity index (χ0n) is 16.2. The van der Waals surface area contributed by atoms with E-state index in [1.165, 1.54) is 37.3 Å². The van der Waals surface area contributed by atoms with Crippen LogP contribution in [0.1, 0.15) is 18.5 Å². The first-order chi connectivity index (χ1) is 15.0. The molecule has 32 heavy (non-hydrogen) atoms. The van der Waals surface area contributed by atoms with Crippen molar-refractivity contribution in [2.75, 3.05) is 4.90 Å². The number of nitro benzene ring substituents is 1. The number of nitrogens with zero attached hydrogens (tertiary/aromatic N) is 2. The van der Waals surface area contributed by atoms with Crippen molar-refractivity contribution in [2.24, 2.45) is 11.8 Å². The minimum atomic E-state index is -1.82. The predicted octanol–water partition coefficient (Wildman–Crippen LogP) is 3.85. The van der Waals surface area contributed by atoms with Gasteiger partial charge < -0.3 is 5.11 Å². The molecule has 0 spiro atoms. The number of hydrogen-bond donors (Lipinski definition) is 2. The quantitative estimate of drug-likeness (QED) is 0.283. The molecule has 2 aliphatic rings. The second-order valence-electron chi connectivity index (χ2n) is 7.71. The topological polar surface area (TPSA) is 130 Å². The van der Waals surface area contributed by atoms with Crippen molar-refractivity contribution in [2.45, 2.75) is 18.5 Å². The number of halogens is 3. The van der Waals surface area contributed by atoms with Gasteiger partial charge in [-0.2, -0.15) is 0 Å².